The summed E-state index contributed by atoms with van der Waals surface area (Å²) in [6.07, 6.45) is 0. The zero-order chi connectivity index (χ0) is 22.8. The number of nitrogens with zero attached hydrogens (tertiary/aromatic N) is 4. The van der Waals surface area contributed by atoms with E-state index in [1.165, 1.54) is 7.11 Å². The molecular weight excluding hydrogens is 412 g/mol. The molecule has 32 heavy (non-hydrogen) atoms. The lowest BCUT2D eigenvalue weighted by atomic mass is 9.94. The molecule has 0 radical (unpaired) electrons. The van der Waals surface area contributed by atoms with Crippen molar-refractivity contribution in [2.75, 3.05) is 32.0 Å². The van der Waals surface area contributed by atoms with Crippen molar-refractivity contribution in [3.05, 3.63) is 58.8 Å². The van der Waals surface area contributed by atoms with Gasteiger partial charge in [-0.2, -0.15) is 4.68 Å². The number of fused-ring (bicyclic) bond motifs is 1. The third-order valence-corrected chi connectivity index (χ3v) is 5.35. The summed E-state index contributed by atoms with van der Waals surface area (Å²) in [5.41, 5.74) is 3.47. The van der Waals surface area contributed by atoms with Gasteiger partial charge in [0.05, 0.1) is 26.9 Å². The third kappa shape index (κ3) is 3.59. The molecular formula is C22H24N6O4. The Hall–Kier alpha value is -4.08. The standard InChI is InChI=1S/C22H24N6O4/c1-12-8-6-7-9-15(12)24-21(29)18-13(2)23-22-25-26-27-28(22)19(18)14-10-16(30-3)20(32-5)17(11-14)31-4/h6-11,19H,1-5H3,(H,24,29)(H,23,25,27). The number of benzene rings is 2. The van der Waals surface area contributed by atoms with Crippen LogP contribution >= 0.6 is 0 Å². The van der Waals surface area contributed by atoms with Crippen LogP contribution in [-0.2, 0) is 4.79 Å². The molecule has 166 valence electrons. The van der Waals surface area contributed by atoms with Gasteiger partial charge >= 0.3 is 0 Å². The lowest BCUT2D eigenvalue weighted by Gasteiger charge is -2.29. The summed E-state index contributed by atoms with van der Waals surface area (Å²) in [5.74, 6) is 1.53. The number of hydrogen-bond donors (Lipinski definition) is 2. The summed E-state index contributed by atoms with van der Waals surface area (Å²) in [4.78, 5) is 13.5. The molecule has 1 unspecified atom stereocenters. The highest BCUT2D eigenvalue weighted by Crippen LogP contribution is 2.43. The van der Waals surface area contributed by atoms with E-state index in [-0.39, 0.29) is 5.91 Å². The van der Waals surface area contributed by atoms with Crippen molar-refractivity contribution in [1.82, 2.24) is 20.2 Å². The van der Waals surface area contributed by atoms with Crippen LogP contribution in [0.2, 0.25) is 0 Å². The number of aryl methyl sites for hydroxylation is 1. The summed E-state index contributed by atoms with van der Waals surface area (Å²) in [7, 11) is 4.62. The van der Waals surface area contributed by atoms with E-state index in [1.807, 2.05) is 38.1 Å². The largest absolute Gasteiger partial charge is 0.493 e. The van der Waals surface area contributed by atoms with E-state index in [4.69, 9.17) is 14.2 Å². The van der Waals surface area contributed by atoms with Gasteiger partial charge in [-0.3, -0.25) is 4.79 Å². The van der Waals surface area contributed by atoms with Crippen molar-refractivity contribution in [2.24, 2.45) is 0 Å². The number of methoxy groups -OCH3 is 3. The Kier molecular flexibility index (Phi) is 5.67. The Bertz CT molecular complexity index is 1180. The molecule has 1 aliphatic rings. The van der Waals surface area contributed by atoms with Crippen molar-refractivity contribution < 1.29 is 19.0 Å². The maximum absolute atomic E-state index is 13.5. The molecule has 0 bridgehead atoms. The number of tetrazole rings is 1. The van der Waals surface area contributed by atoms with E-state index in [0.717, 1.165) is 11.3 Å². The summed E-state index contributed by atoms with van der Waals surface area (Å²) >= 11 is 0. The molecule has 1 aromatic heterocycles. The Morgan fingerprint density at radius 1 is 1.06 bits per heavy atom. The molecule has 1 amide bonds. The van der Waals surface area contributed by atoms with Crippen molar-refractivity contribution in [2.45, 2.75) is 19.9 Å². The highest BCUT2D eigenvalue weighted by atomic mass is 16.5. The molecule has 10 heteroatoms. The van der Waals surface area contributed by atoms with Gasteiger partial charge in [0.15, 0.2) is 11.5 Å². The molecule has 1 aliphatic heterocycles. The first-order valence-electron chi connectivity index (χ1n) is 9.91. The smallest absolute Gasteiger partial charge is 0.255 e. The number of nitrogens with one attached hydrogen (secondary N) is 2. The quantitative estimate of drug-likeness (QED) is 0.607. The zero-order valence-corrected chi connectivity index (χ0v) is 18.5. The third-order valence-electron chi connectivity index (χ3n) is 5.35. The normalized spacial score (nSPS) is 15.0. The van der Waals surface area contributed by atoms with E-state index in [1.54, 1.807) is 31.0 Å². The number of aromatic nitrogens is 4. The van der Waals surface area contributed by atoms with Gasteiger partial charge in [-0.15, -0.1) is 0 Å². The molecule has 0 saturated heterocycles. The predicted molar refractivity (Wildman–Crippen MR) is 118 cm³/mol. The summed E-state index contributed by atoms with van der Waals surface area (Å²) in [5, 5.41) is 18.1. The number of anilines is 2. The van der Waals surface area contributed by atoms with E-state index in [0.29, 0.717) is 40.0 Å². The molecule has 2 heterocycles. The number of carbonyl (C=O) groups is 1. The molecule has 0 aliphatic carbocycles. The van der Waals surface area contributed by atoms with Crippen molar-refractivity contribution in [3.63, 3.8) is 0 Å². The molecule has 0 spiro atoms. The lowest BCUT2D eigenvalue weighted by molar-refractivity contribution is -0.113. The Labute approximate surface area is 185 Å². The van der Waals surface area contributed by atoms with Crippen molar-refractivity contribution >= 4 is 17.5 Å². The number of amides is 1. The van der Waals surface area contributed by atoms with Gasteiger partial charge in [0.1, 0.15) is 6.04 Å². The van der Waals surface area contributed by atoms with E-state index < -0.39 is 6.04 Å². The average molecular weight is 436 g/mol. The van der Waals surface area contributed by atoms with Crippen LogP contribution in [0.4, 0.5) is 11.6 Å². The fraction of sp³-hybridized carbons (Fsp3) is 0.273. The molecule has 0 saturated carbocycles. The van der Waals surface area contributed by atoms with E-state index >= 15 is 0 Å². The van der Waals surface area contributed by atoms with Crippen LogP contribution in [0.3, 0.4) is 0 Å². The van der Waals surface area contributed by atoms with Gasteiger partial charge in [0.25, 0.3) is 5.91 Å². The Morgan fingerprint density at radius 3 is 2.38 bits per heavy atom. The topological polar surface area (TPSA) is 112 Å². The van der Waals surface area contributed by atoms with Crippen LogP contribution in [0.1, 0.15) is 24.1 Å². The summed E-state index contributed by atoms with van der Waals surface area (Å²) in [6.45, 7) is 3.75. The van der Waals surface area contributed by atoms with Crippen molar-refractivity contribution in [1.29, 1.82) is 0 Å². The van der Waals surface area contributed by atoms with Gasteiger partial charge in [0, 0.05) is 11.4 Å². The van der Waals surface area contributed by atoms with E-state index in [2.05, 4.69) is 26.2 Å². The highest BCUT2D eigenvalue weighted by molar-refractivity contribution is 6.06. The van der Waals surface area contributed by atoms with Crippen LogP contribution in [0.15, 0.2) is 47.7 Å². The second kappa shape index (κ2) is 8.58. The first-order valence-corrected chi connectivity index (χ1v) is 9.91. The number of hydrogen-bond acceptors (Lipinski definition) is 8. The fourth-order valence-corrected chi connectivity index (χ4v) is 3.78. The summed E-state index contributed by atoms with van der Waals surface area (Å²) in [6, 6.07) is 10.5. The number of para-hydroxylation sites is 1. The van der Waals surface area contributed by atoms with Gasteiger partial charge in [0.2, 0.25) is 11.7 Å². The predicted octanol–water partition coefficient (Wildman–Crippen LogP) is 2.93. The fourth-order valence-electron chi connectivity index (χ4n) is 3.78. The minimum Gasteiger partial charge on any atom is -0.493 e. The average Bonchev–Trinajstić information content (AvgIpc) is 3.26. The number of rotatable bonds is 6. The Morgan fingerprint density at radius 2 is 1.75 bits per heavy atom. The van der Waals surface area contributed by atoms with Crippen molar-refractivity contribution in [3.8, 4) is 17.2 Å². The molecule has 0 fully saturated rings. The van der Waals surface area contributed by atoms with Crippen LogP contribution in [-0.4, -0.2) is 47.4 Å². The molecule has 1 atom stereocenters. The monoisotopic (exact) mass is 436 g/mol. The van der Waals surface area contributed by atoms with Crippen LogP contribution in [0.5, 0.6) is 17.2 Å². The minimum atomic E-state index is -0.626. The number of carbonyl (C=O) groups excluding carboxylic acids is 1. The van der Waals surface area contributed by atoms with Crippen LogP contribution < -0.4 is 24.8 Å². The SMILES string of the molecule is COc1cc(C2C(C(=O)Nc3ccccc3C)=C(C)Nc3nnnn32)cc(OC)c1OC. The number of ether oxygens (including phenoxy) is 3. The van der Waals surface area contributed by atoms with Gasteiger partial charge in [-0.25, -0.2) is 0 Å². The second-order valence-electron chi connectivity index (χ2n) is 7.24. The maximum Gasteiger partial charge on any atom is 0.255 e. The maximum atomic E-state index is 13.5. The molecule has 4 rings (SSSR count). The first kappa shape index (κ1) is 21.2. The lowest BCUT2D eigenvalue weighted by Crippen LogP contribution is -2.31. The molecule has 10 nitrogen and oxygen atoms in total. The van der Waals surface area contributed by atoms with Crippen LogP contribution in [0.25, 0.3) is 0 Å². The molecule has 2 aromatic carbocycles. The first-order chi connectivity index (χ1) is 15.5. The van der Waals surface area contributed by atoms with Crippen LogP contribution in [0, 0.1) is 6.92 Å². The number of allylic oxidation sites excluding steroid dienone is 1. The zero-order valence-electron chi connectivity index (χ0n) is 18.5. The van der Waals surface area contributed by atoms with Gasteiger partial charge in [-0.1, -0.05) is 23.3 Å². The Balaban J connectivity index is 1.85. The summed E-state index contributed by atoms with van der Waals surface area (Å²) < 4.78 is 18.0. The minimum absolute atomic E-state index is 0.274. The second-order valence-corrected chi connectivity index (χ2v) is 7.24. The van der Waals surface area contributed by atoms with Gasteiger partial charge in [-0.05, 0) is 53.6 Å². The van der Waals surface area contributed by atoms with E-state index in [9.17, 15) is 4.79 Å². The highest BCUT2D eigenvalue weighted by Gasteiger charge is 2.35. The molecule has 3 aromatic rings. The van der Waals surface area contributed by atoms with Gasteiger partial charge < -0.3 is 24.8 Å². The molecule has 2 N–H and O–H groups in total.